The first-order valence-electron chi connectivity index (χ1n) is 7.75. The Morgan fingerprint density at radius 3 is 2.95 bits per heavy atom. The summed E-state index contributed by atoms with van der Waals surface area (Å²) in [5, 5.41) is 13.4. The second-order valence-corrected chi connectivity index (χ2v) is 6.08. The normalized spacial score (nSPS) is 27.6. The second kappa shape index (κ2) is 6.38. The van der Waals surface area contributed by atoms with Gasteiger partial charge in [0.1, 0.15) is 11.6 Å². The summed E-state index contributed by atoms with van der Waals surface area (Å²) in [5.74, 6) is -1.08. The summed E-state index contributed by atoms with van der Waals surface area (Å²) in [6.07, 6.45) is 3.74. The first kappa shape index (κ1) is 14.9. The summed E-state index contributed by atoms with van der Waals surface area (Å²) in [6, 6.07) is 4.07. The molecule has 2 aliphatic heterocycles. The number of nitrogens with zero attached hydrogens (tertiary/aromatic N) is 1. The highest BCUT2D eigenvalue weighted by atomic mass is 19.1. The summed E-state index contributed by atoms with van der Waals surface area (Å²) in [5.41, 5.74) is 0.0287. The number of hydrogen-bond acceptors (Lipinski definition) is 3. The number of benzene rings is 1. The van der Waals surface area contributed by atoms with Crippen LogP contribution in [0.25, 0.3) is 0 Å². The molecule has 1 aromatic carbocycles. The quantitative estimate of drug-likeness (QED) is 0.894. The third-order valence-corrected chi connectivity index (χ3v) is 4.75. The van der Waals surface area contributed by atoms with Crippen molar-refractivity contribution in [2.24, 2.45) is 0 Å². The second-order valence-electron chi connectivity index (χ2n) is 6.08. The van der Waals surface area contributed by atoms with E-state index in [4.69, 9.17) is 0 Å². The van der Waals surface area contributed by atoms with Gasteiger partial charge in [-0.25, -0.2) is 8.78 Å². The van der Waals surface area contributed by atoms with E-state index in [1.165, 1.54) is 19.3 Å². The number of hydrogen-bond donors (Lipinski definition) is 2. The molecule has 0 saturated carbocycles. The lowest BCUT2D eigenvalue weighted by Crippen LogP contribution is -2.45. The third-order valence-electron chi connectivity index (χ3n) is 4.75. The highest BCUT2D eigenvalue weighted by Gasteiger charge is 2.35. The molecule has 2 fully saturated rings. The van der Waals surface area contributed by atoms with Crippen molar-refractivity contribution >= 4 is 0 Å². The lowest BCUT2D eigenvalue weighted by Gasteiger charge is -2.33. The van der Waals surface area contributed by atoms with Gasteiger partial charge in [-0.2, -0.15) is 0 Å². The van der Waals surface area contributed by atoms with Gasteiger partial charge in [0, 0.05) is 30.7 Å². The maximum absolute atomic E-state index is 13.6. The van der Waals surface area contributed by atoms with Crippen LogP contribution in [0.5, 0.6) is 0 Å². The Kier molecular flexibility index (Phi) is 4.52. The van der Waals surface area contributed by atoms with Crippen molar-refractivity contribution in [2.45, 2.75) is 43.9 Å². The lowest BCUT2D eigenvalue weighted by molar-refractivity contribution is 0.148. The molecule has 0 amide bonds. The Bertz CT molecular complexity index is 497. The zero-order chi connectivity index (χ0) is 14.8. The molecule has 0 aromatic heterocycles. The van der Waals surface area contributed by atoms with E-state index in [0.717, 1.165) is 37.7 Å². The van der Waals surface area contributed by atoms with Crippen LogP contribution >= 0.6 is 0 Å². The van der Waals surface area contributed by atoms with Gasteiger partial charge in [0.15, 0.2) is 0 Å². The zero-order valence-corrected chi connectivity index (χ0v) is 12.1. The minimum Gasteiger partial charge on any atom is -0.387 e. The van der Waals surface area contributed by atoms with Gasteiger partial charge in [0.05, 0.1) is 6.10 Å². The van der Waals surface area contributed by atoms with E-state index in [1.807, 2.05) is 0 Å². The van der Waals surface area contributed by atoms with Crippen LogP contribution in [0.1, 0.15) is 37.4 Å². The van der Waals surface area contributed by atoms with Gasteiger partial charge in [0.25, 0.3) is 0 Å². The van der Waals surface area contributed by atoms with Crippen molar-refractivity contribution in [1.29, 1.82) is 0 Å². The molecule has 3 unspecified atom stereocenters. The maximum atomic E-state index is 13.6. The molecule has 2 saturated heterocycles. The molecule has 3 atom stereocenters. The van der Waals surface area contributed by atoms with Gasteiger partial charge in [-0.15, -0.1) is 0 Å². The Balaban J connectivity index is 1.58. The van der Waals surface area contributed by atoms with Crippen LogP contribution in [0.15, 0.2) is 18.2 Å². The van der Waals surface area contributed by atoms with Gasteiger partial charge in [-0.3, -0.25) is 4.90 Å². The third kappa shape index (κ3) is 3.25. The standard InChI is InChI=1S/C16H22F2N2O/c17-11-4-5-13(18)12(9-11)16(21)10-19-14-6-8-20-7-2-1-3-15(14)20/h4-5,9,14-16,19,21H,1-3,6-8,10H2. The Morgan fingerprint density at radius 1 is 1.24 bits per heavy atom. The molecule has 2 N–H and O–H groups in total. The smallest absolute Gasteiger partial charge is 0.129 e. The summed E-state index contributed by atoms with van der Waals surface area (Å²) < 4.78 is 26.8. The molecule has 3 nitrogen and oxygen atoms in total. The van der Waals surface area contributed by atoms with Crippen LogP contribution < -0.4 is 5.32 Å². The maximum Gasteiger partial charge on any atom is 0.129 e. The average Bonchev–Trinajstić information content (AvgIpc) is 2.90. The Labute approximate surface area is 124 Å². The molecule has 1 aromatic rings. The average molecular weight is 296 g/mol. The monoisotopic (exact) mass is 296 g/mol. The number of halogens is 2. The Morgan fingerprint density at radius 2 is 2.10 bits per heavy atom. The number of nitrogens with one attached hydrogen (secondary N) is 1. The highest BCUT2D eigenvalue weighted by Crippen LogP contribution is 2.27. The number of aliphatic hydroxyl groups is 1. The van der Waals surface area contributed by atoms with Gasteiger partial charge < -0.3 is 10.4 Å². The molecular formula is C16H22F2N2O. The molecule has 0 radical (unpaired) electrons. The van der Waals surface area contributed by atoms with Gasteiger partial charge in [-0.1, -0.05) is 6.42 Å². The molecule has 0 aliphatic carbocycles. The fourth-order valence-electron chi connectivity index (χ4n) is 3.63. The highest BCUT2D eigenvalue weighted by molar-refractivity contribution is 5.21. The summed E-state index contributed by atoms with van der Waals surface area (Å²) in [6.45, 7) is 2.51. The van der Waals surface area contributed by atoms with Crippen LogP contribution in [0.2, 0.25) is 0 Å². The van der Waals surface area contributed by atoms with Crippen molar-refractivity contribution in [3.05, 3.63) is 35.4 Å². The number of fused-ring (bicyclic) bond motifs is 1. The molecule has 0 bridgehead atoms. The number of rotatable bonds is 4. The van der Waals surface area contributed by atoms with E-state index in [2.05, 4.69) is 10.2 Å². The van der Waals surface area contributed by atoms with Crippen LogP contribution in [0, 0.1) is 11.6 Å². The molecule has 5 heteroatoms. The molecule has 2 heterocycles. The SMILES string of the molecule is OC(CNC1CCN2CCCCC12)c1cc(F)ccc1F. The van der Waals surface area contributed by atoms with E-state index >= 15 is 0 Å². The van der Waals surface area contributed by atoms with Crippen molar-refractivity contribution in [2.75, 3.05) is 19.6 Å². The van der Waals surface area contributed by atoms with E-state index in [0.29, 0.717) is 12.1 Å². The molecular weight excluding hydrogens is 274 g/mol. The first-order valence-corrected chi connectivity index (χ1v) is 7.75. The summed E-state index contributed by atoms with van der Waals surface area (Å²) in [4.78, 5) is 2.50. The van der Waals surface area contributed by atoms with Crippen molar-refractivity contribution < 1.29 is 13.9 Å². The summed E-state index contributed by atoms with van der Waals surface area (Å²) in [7, 11) is 0. The minimum atomic E-state index is -1.02. The minimum absolute atomic E-state index is 0.0287. The van der Waals surface area contributed by atoms with Crippen molar-refractivity contribution in [3.8, 4) is 0 Å². The first-order chi connectivity index (χ1) is 10.1. The molecule has 3 rings (SSSR count). The molecule has 2 aliphatic rings. The fourth-order valence-corrected chi connectivity index (χ4v) is 3.63. The van der Waals surface area contributed by atoms with E-state index < -0.39 is 17.7 Å². The molecule has 116 valence electrons. The van der Waals surface area contributed by atoms with Gasteiger partial charge in [0.2, 0.25) is 0 Å². The van der Waals surface area contributed by atoms with Crippen molar-refractivity contribution in [1.82, 2.24) is 10.2 Å². The van der Waals surface area contributed by atoms with Gasteiger partial charge in [-0.05, 0) is 44.0 Å². The van der Waals surface area contributed by atoms with Crippen LogP contribution in [0.3, 0.4) is 0 Å². The largest absolute Gasteiger partial charge is 0.387 e. The van der Waals surface area contributed by atoms with E-state index in [-0.39, 0.29) is 12.1 Å². The number of piperidine rings is 1. The Hall–Kier alpha value is -1.04. The molecule has 0 spiro atoms. The summed E-state index contributed by atoms with van der Waals surface area (Å²) >= 11 is 0. The molecule has 21 heavy (non-hydrogen) atoms. The van der Waals surface area contributed by atoms with Crippen molar-refractivity contribution in [3.63, 3.8) is 0 Å². The van der Waals surface area contributed by atoms with Crippen LogP contribution in [0.4, 0.5) is 8.78 Å². The lowest BCUT2D eigenvalue weighted by atomic mass is 9.98. The van der Waals surface area contributed by atoms with Crippen LogP contribution in [-0.4, -0.2) is 41.7 Å². The van der Waals surface area contributed by atoms with E-state index in [1.54, 1.807) is 0 Å². The van der Waals surface area contributed by atoms with E-state index in [9.17, 15) is 13.9 Å². The van der Waals surface area contributed by atoms with Crippen LogP contribution in [-0.2, 0) is 0 Å². The van der Waals surface area contributed by atoms with Gasteiger partial charge >= 0.3 is 0 Å². The number of aliphatic hydroxyl groups excluding tert-OH is 1. The topological polar surface area (TPSA) is 35.5 Å². The predicted octanol–water partition coefficient (Wildman–Crippen LogP) is 2.21. The fraction of sp³-hybridized carbons (Fsp3) is 0.625. The predicted molar refractivity (Wildman–Crippen MR) is 76.9 cm³/mol. The zero-order valence-electron chi connectivity index (χ0n) is 12.1.